The predicted octanol–water partition coefficient (Wildman–Crippen LogP) is -0.379. The molecule has 0 rings (SSSR count). The van der Waals surface area contributed by atoms with Gasteiger partial charge in [0, 0.05) is 7.05 Å². The molecule has 0 heterocycles. The number of carbonyl (C=O) groups is 2. The number of carboxylic acid groups (broad SMARTS) is 1. The number of nitrogens with one attached hydrogen (secondary N) is 1. The SMILES string of the molecule is CN(N=CC(C#N)=C(O)NC=O)C(=O)O. The van der Waals surface area contributed by atoms with Crippen LogP contribution in [0.5, 0.6) is 0 Å². The average Bonchev–Trinajstić information content (AvgIpc) is 2.18. The minimum atomic E-state index is -1.33. The molecule has 0 unspecified atom stereocenters. The van der Waals surface area contributed by atoms with Gasteiger partial charge in [0.1, 0.15) is 11.6 Å². The van der Waals surface area contributed by atoms with Crippen molar-refractivity contribution >= 4 is 18.7 Å². The van der Waals surface area contributed by atoms with Crippen molar-refractivity contribution in [3.63, 3.8) is 0 Å². The first-order valence-corrected chi connectivity index (χ1v) is 3.57. The van der Waals surface area contributed by atoms with Gasteiger partial charge in [-0.25, -0.2) is 9.80 Å². The molecule has 0 saturated carbocycles. The molecule has 0 aliphatic rings. The first-order chi connectivity index (χ1) is 7.02. The van der Waals surface area contributed by atoms with E-state index in [0.717, 1.165) is 13.3 Å². The summed E-state index contributed by atoms with van der Waals surface area (Å²) in [4.78, 5) is 20.2. The van der Waals surface area contributed by atoms with E-state index in [1.807, 2.05) is 5.32 Å². The summed E-state index contributed by atoms with van der Waals surface area (Å²) in [6.45, 7) is 0. The van der Waals surface area contributed by atoms with Crippen LogP contribution in [0.3, 0.4) is 0 Å². The highest BCUT2D eigenvalue weighted by Crippen LogP contribution is 1.94. The van der Waals surface area contributed by atoms with Crippen molar-refractivity contribution in [3.05, 3.63) is 11.5 Å². The van der Waals surface area contributed by atoms with E-state index in [2.05, 4.69) is 5.10 Å². The van der Waals surface area contributed by atoms with Crippen molar-refractivity contribution in [1.29, 1.82) is 5.26 Å². The summed E-state index contributed by atoms with van der Waals surface area (Å²) in [5.41, 5.74) is -0.366. The number of nitrogens with zero attached hydrogens (tertiary/aromatic N) is 3. The maximum atomic E-state index is 10.3. The fourth-order valence-corrected chi connectivity index (χ4v) is 0.470. The second kappa shape index (κ2) is 5.98. The highest BCUT2D eigenvalue weighted by molar-refractivity contribution is 5.85. The number of carbonyl (C=O) groups excluding carboxylic acids is 1. The maximum Gasteiger partial charge on any atom is 0.427 e. The molecule has 0 atom stereocenters. The van der Waals surface area contributed by atoms with E-state index in [0.29, 0.717) is 5.01 Å². The topological polar surface area (TPSA) is 126 Å². The number of hydrogen-bond acceptors (Lipinski definition) is 5. The van der Waals surface area contributed by atoms with Crippen LogP contribution >= 0.6 is 0 Å². The van der Waals surface area contributed by atoms with Crippen LogP contribution in [0, 0.1) is 11.3 Å². The molecule has 0 spiro atoms. The molecule has 0 aliphatic carbocycles. The summed E-state index contributed by atoms with van der Waals surface area (Å²) in [6.07, 6.45) is -0.354. The van der Waals surface area contributed by atoms with E-state index in [1.165, 1.54) is 6.07 Å². The van der Waals surface area contributed by atoms with Crippen molar-refractivity contribution in [2.45, 2.75) is 0 Å². The largest absolute Gasteiger partial charge is 0.494 e. The smallest absolute Gasteiger partial charge is 0.427 e. The molecule has 0 aromatic carbocycles. The molecule has 80 valence electrons. The summed E-state index contributed by atoms with van der Waals surface area (Å²) in [5, 5.41) is 31.6. The summed E-state index contributed by atoms with van der Waals surface area (Å²) in [5.74, 6) is -0.699. The fraction of sp³-hybridized carbons (Fsp3) is 0.143. The lowest BCUT2D eigenvalue weighted by molar-refractivity contribution is -0.109. The quantitative estimate of drug-likeness (QED) is 0.192. The Balaban J connectivity index is 4.75. The Kier molecular flexibility index (Phi) is 4.96. The maximum absolute atomic E-state index is 10.3. The minimum absolute atomic E-state index is 0.168. The Bertz CT molecular complexity index is 354. The molecule has 8 nitrogen and oxygen atoms in total. The molecular weight excluding hydrogens is 204 g/mol. The Morgan fingerprint density at radius 2 is 2.20 bits per heavy atom. The Morgan fingerprint density at radius 1 is 1.60 bits per heavy atom. The molecular formula is C7H8N4O4. The monoisotopic (exact) mass is 212 g/mol. The second-order valence-electron chi connectivity index (χ2n) is 2.19. The van der Waals surface area contributed by atoms with Crippen LogP contribution in [0.1, 0.15) is 0 Å². The lowest BCUT2D eigenvalue weighted by atomic mass is 10.3. The van der Waals surface area contributed by atoms with Crippen molar-refractivity contribution < 1.29 is 19.8 Å². The second-order valence-corrected chi connectivity index (χ2v) is 2.19. The van der Waals surface area contributed by atoms with Crippen LogP contribution in [0.25, 0.3) is 0 Å². The molecule has 2 amide bonds. The number of nitriles is 1. The summed E-state index contributed by atoms with van der Waals surface area (Å²) in [6, 6.07) is 1.52. The standard InChI is InChI=1S/C7H8N4O4/c1-11(7(14)15)10-3-5(2-8)6(13)9-4-12/h3-4,13H,1H3,(H,9,12)(H,14,15). The number of allylic oxidation sites excluding steroid dienone is 1. The molecule has 0 aromatic heterocycles. The normalized spacial score (nSPS) is 11.5. The zero-order valence-corrected chi connectivity index (χ0v) is 7.71. The third kappa shape index (κ3) is 4.28. The van der Waals surface area contributed by atoms with Crippen LogP contribution in [0.2, 0.25) is 0 Å². The van der Waals surface area contributed by atoms with E-state index in [4.69, 9.17) is 15.5 Å². The van der Waals surface area contributed by atoms with Gasteiger partial charge < -0.3 is 10.2 Å². The summed E-state index contributed by atoms with van der Waals surface area (Å²) >= 11 is 0. The number of rotatable bonds is 4. The van der Waals surface area contributed by atoms with Gasteiger partial charge in [-0.05, 0) is 0 Å². The average molecular weight is 212 g/mol. The molecule has 0 bridgehead atoms. The van der Waals surface area contributed by atoms with Gasteiger partial charge in [-0.15, -0.1) is 0 Å². The highest BCUT2D eigenvalue weighted by Gasteiger charge is 2.04. The van der Waals surface area contributed by atoms with Gasteiger partial charge in [0.25, 0.3) is 0 Å². The lowest BCUT2D eigenvalue weighted by Gasteiger charge is -2.03. The number of amides is 2. The first-order valence-electron chi connectivity index (χ1n) is 3.57. The molecule has 0 fully saturated rings. The molecule has 0 saturated heterocycles. The van der Waals surface area contributed by atoms with Crippen LogP contribution in [-0.4, -0.2) is 41.0 Å². The number of aliphatic hydroxyl groups excluding tert-OH is 1. The van der Waals surface area contributed by atoms with Crippen LogP contribution in [0.4, 0.5) is 4.79 Å². The third-order valence-electron chi connectivity index (χ3n) is 1.21. The molecule has 8 heteroatoms. The van der Waals surface area contributed by atoms with Gasteiger partial charge in [0.15, 0.2) is 0 Å². The van der Waals surface area contributed by atoms with Crippen LogP contribution < -0.4 is 5.32 Å². The number of hydrazone groups is 1. The van der Waals surface area contributed by atoms with Gasteiger partial charge in [-0.1, -0.05) is 0 Å². The van der Waals surface area contributed by atoms with Crippen LogP contribution in [0.15, 0.2) is 16.6 Å². The number of hydrogen-bond donors (Lipinski definition) is 3. The lowest BCUT2D eigenvalue weighted by Crippen LogP contribution is -2.19. The summed E-state index contributed by atoms with van der Waals surface area (Å²) in [7, 11) is 1.14. The van der Waals surface area contributed by atoms with E-state index in [-0.39, 0.29) is 12.0 Å². The van der Waals surface area contributed by atoms with Crippen molar-refractivity contribution in [1.82, 2.24) is 10.3 Å². The zero-order chi connectivity index (χ0) is 11.8. The zero-order valence-electron chi connectivity index (χ0n) is 7.71. The van der Waals surface area contributed by atoms with E-state index in [1.54, 1.807) is 0 Å². The Morgan fingerprint density at radius 3 is 2.60 bits per heavy atom. The van der Waals surface area contributed by atoms with E-state index < -0.39 is 12.0 Å². The van der Waals surface area contributed by atoms with Gasteiger partial charge in [-0.2, -0.15) is 10.4 Å². The van der Waals surface area contributed by atoms with Crippen LogP contribution in [-0.2, 0) is 4.79 Å². The van der Waals surface area contributed by atoms with Crippen molar-refractivity contribution in [3.8, 4) is 6.07 Å². The molecule has 0 aliphatic heterocycles. The van der Waals surface area contributed by atoms with Gasteiger partial charge >= 0.3 is 6.09 Å². The van der Waals surface area contributed by atoms with E-state index in [9.17, 15) is 9.59 Å². The molecule has 0 aromatic rings. The molecule has 0 radical (unpaired) electrons. The molecule has 3 N–H and O–H groups in total. The fourth-order valence-electron chi connectivity index (χ4n) is 0.470. The van der Waals surface area contributed by atoms with Gasteiger partial charge in [0.05, 0.1) is 6.21 Å². The molecule has 15 heavy (non-hydrogen) atoms. The third-order valence-corrected chi connectivity index (χ3v) is 1.21. The highest BCUT2D eigenvalue weighted by atomic mass is 16.4. The van der Waals surface area contributed by atoms with Crippen molar-refractivity contribution in [2.75, 3.05) is 7.05 Å². The van der Waals surface area contributed by atoms with Gasteiger partial charge in [0.2, 0.25) is 12.3 Å². The summed E-state index contributed by atoms with van der Waals surface area (Å²) < 4.78 is 0. The minimum Gasteiger partial charge on any atom is -0.494 e. The number of aliphatic hydroxyl groups is 1. The Hall–Kier alpha value is -2.56. The van der Waals surface area contributed by atoms with Gasteiger partial charge in [-0.3, -0.25) is 10.1 Å². The first kappa shape index (κ1) is 12.4. The van der Waals surface area contributed by atoms with E-state index >= 15 is 0 Å². The Labute approximate surface area is 84.7 Å². The van der Waals surface area contributed by atoms with Crippen molar-refractivity contribution in [2.24, 2.45) is 5.10 Å². The predicted molar refractivity (Wildman–Crippen MR) is 48.7 cm³/mol.